The molecule has 0 spiro atoms. The third-order valence-electron chi connectivity index (χ3n) is 4.58. The number of aliphatic carboxylic acids is 1. The van der Waals surface area contributed by atoms with Crippen molar-refractivity contribution in [3.63, 3.8) is 0 Å². The topological polar surface area (TPSA) is 42.2 Å². The van der Waals surface area contributed by atoms with Crippen molar-refractivity contribution in [3.8, 4) is 11.1 Å². The molecule has 126 valence electrons. The van der Waals surface area contributed by atoms with Gasteiger partial charge in [-0.05, 0) is 49.6 Å². The number of fused-ring (bicyclic) bond motifs is 2. The van der Waals surface area contributed by atoms with Gasteiger partial charge in [-0.2, -0.15) is 0 Å². The number of thiophene rings is 1. The van der Waals surface area contributed by atoms with E-state index in [4.69, 9.17) is 0 Å². The highest BCUT2D eigenvalue weighted by atomic mass is 32.1. The van der Waals surface area contributed by atoms with Crippen LogP contribution in [0.2, 0.25) is 0 Å². The van der Waals surface area contributed by atoms with Gasteiger partial charge in [-0.25, -0.2) is 4.39 Å². The fourth-order valence-corrected chi connectivity index (χ4v) is 4.40. The molecule has 0 aliphatic carbocycles. The van der Waals surface area contributed by atoms with E-state index < -0.39 is 5.97 Å². The summed E-state index contributed by atoms with van der Waals surface area (Å²) < 4.78 is 16.6. The number of aromatic nitrogens is 1. The molecule has 2 aromatic heterocycles. The van der Waals surface area contributed by atoms with Crippen molar-refractivity contribution >= 4 is 38.3 Å². The van der Waals surface area contributed by atoms with Crippen molar-refractivity contribution in [1.82, 2.24) is 4.57 Å². The van der Waals surface area contributed by atoms with Crippen LogP contribution >= 0.6 is 11.3 Å². The van der Waals surface area contributed by atoms with Crippen LogP contribution in [0.15, 0.2) is 41.8 Å². The summed E-state index contributed by atoms with van der Waals surface area (Å²) >= 11 is 1.66. The van der Waals surface area contributed by atoms with Crippen LogP contribution in [0.3, 0.4) is 0 Å². The lowest BCUT2D eigenvalue weighted by atomic mass is 10.0. The van der Waals surface area contributed by atoms with Gasteiger partial charge in [0.2, 0.25) is 0 Å². The summed E-state index contributed by atoms with van der Waals surface area (Å²) in [6, 6.07) is 10.9. The van der Waals surface area contributed by atoms with E-state index in [1.165, 1.54) is 22.4 Å². The van der Waals surface area contributed by atoms with E-state index in [-0.39, 0.29) is 12.4 Å². The number of halogens is 1. The summed E-state index contributed by atoms with van der Waals surface area (Å²) in [6.07, 6.45) is 0. The minimum absolute atomic E-state index is 0.188. The Bertz CT molecular complexity index is 1140. The summed E-state index contributed by atoms with van der Waals surface area (Å²) in [5.41, 5.74) is 4.67. The number of carboxylic acids is 1. The zero-order chi connectivity index (χ0) is 17.7. The lowest BCUT2D eigenvalue weighted by Crippen LogP contribution is -2.10. The zero-order valence-electron chi connectivity index (χ0n) is 13.8. The van der Waals surface area contributed by atoms with E-state index in [1.807, 2.05) is 6.92 Å². The van der Waals surface area contributed by atoms with Gasteiger partial charge >= 0.3 is 5.97 Å². The molecule has 0 aliphatic rings. The summed E-state index contributed by atoms with van der Waals surface area (Å²) in [5, 5.41) is 13.4. The molecule has 5 heteroatoms. The van der Waals surface area contributed by atoms with Gasteiger partial charge in [0.15, 0.2) is 0 Å². The fourth-order valence-electron chi connectivity index (χ4n) is 3.47. The molecule has 4 aromatic rings. The molecular weight excluding hydrogens is 337 g/mol. The van der Waals surface area contributed by atoms with Crippen molar-refractivity contribution < 1.29 is 14.3 Å². The summed E-state index contributed by atoms with van der Waals surface area (Å²) in [6.45, 7) is 3.76. The standard InChI is InChI=1S/C20H16FNO2S/c1-11-3-6-18-15(7-11)16(10-25-18)20-12(2)22(9-19(23)24)17-8-13(21)4-5-14(17)20/h3-8,10H,9H2,1-2H3,(H,23,24). The van der Waals surface area contributed by atoms with Crippen LogP contribution < -0.4 is 0 Å². The molecule has 0 aliphatic heterocycles. The van der Waals surface area contributed by atoms with Crippen LogP contribution in [0.1, 0.15) is 11.3 Å². The molecule has 0 bridgehead atoms. The van der Waals surface area contributed by atoms with E-state index in [1.54, 1.807) is 22.0 Å². The molecule has 0 atom stereocenters. The highest BCUT2D eigenvalue weighted by Gasteiger charge is 2.20. The number of carbonyl (C=O) groups is 1. The number of carboxylic acid groups (broad SMARTS) is 1. The van der Waals surface area contributed by atoms with Crippen molar-refractivity contribution in [3.05, 3.63) is 58.9 Å². The number of nitrogens with zero attached hydrogens (tertiary/aromatic N) is 1. The second-order valence-electron chi connectivity index (χ2n) is 6.25. The molecule has 25 heavy (non-hydrogen) atoms. The average molecular weight is 353 g/mol. The van der Waals surface area contributed by atoms with Crippen molar-refractivity contribution in [2.75, 3.05) is 0 Å². The number of rotatable bonds is 3. The lowest BCUT2D eigenvalue weighted by molar-refractivity contribution is -0.137. The lowest BCUT2D eigenvalue weighted by Gasteiger charge is -2.05. The maximum Gasteiger partial charge on any atom is 0.323 e. The van der Waals surface area contributed by atoms with E-state index in [0.29, 0.717) is 5.52 Å². The first-order chi connectivity index (χ1) is 12.0. The van der Waals surface area contributed by atoms with Crippen LogP contribution in [0.25, 0.3) is 32.1 Å². The Labute approximate surface area is 147 Å². The minimum atomic E-state index is -0.943. The van der Waals surface area contributed by atoms with Crippen molar-refractivity contribution in [2.45, 2.75) is 20.4 Å². The largest absolute Gasteiger partial charge is 0.480 e. The maximum atomic E-state index is 13.8. The zero-order valence-corrected chi connectivity index (χ0v) is 14.7. The molecule has 2 heterocycles. The van der Waals surface area contributed by atoms with Gasteiger partial charge < -0.3 is 9.67 Å². The molecule has 0 saturated heterocycles. The van der Waals surface area contributed by atoms with Crippen LogP contribution in [0.4, 0.5) is 4.39 Å². The van der Waals surface area contributed by atoms with E-state index >= 15 is 0 Å². The summed E-state index contributed by atoms with van der Waals surface area (Å²) in [5.74, 6) is -1.31. The molecule has 0 fully saturated rings. The Hall–Kier alpha value is -2.66. The number of benzene rings is 2. The van der Waals surface area contributed by atoms with Gasteiger partial charge in [-0.1, -0.05) is 11.6 Å². The van der Waals surface area contributed by atoms with Gasteiger partial charge in [0.1, 0.15) is 12.4 Å². The monoisotopic (exact) mass is 353 g/mol. The minimum Gasteiger partial charge on any atom is -0.480 e. The molecule has 3 nitrogen and oxygen atoms in total. The SMILES string of the molecule is Cc1ccc2scc(-c3c(C)n(CC(=O)O)c4cc(F)ccc34)c2c1. The molecule has 0 saturated carbocycles. The number of hydrogen-bond acceptors (Lipinski definition) is 2. The van der Waals surface area contributed by atoms with E-state index in [0.717, 1.165) is 27.6 Å². The smallest absolute Gasteiger partial charge is 0.323 e. The maximum absolute atomic E-state index is 13.8. The van der Waals surface area contributed by atoms with Crippen molar-refractivity contribution in [2.24, 2.45) is 0 Å². The predicted molar refractivity (Wildman–Crippen MR) is 99.8 cm³/mol. The predicted octanol–water partition coefficient (Wildman–Crippen LogP) is 5.36. The third kappa shape index (κ3) is 2.51. The Morgan fingerprint density at radius 2 is 1.96 bits per heavy atom. The van der Waals surface area contributed by atoms with E-state index in [9.17, 15) is 14.3 Å². The third-order valence-corrected chi connectivity index (χ3v) is 5.54. The highest BCUT2D eigenvalue weighted by Crippen LogP contribution is 2.41. The van der Waals surface area contributed by atoms with E-state index in [2.05, 4.69) is 30.5 Å². The van der Waals surface area contributed by atoms with Crippen LogP contribution in [-0.4, -0.2) is 15.6 Å². The molecule has 0 amide bonds. The fraction of sp³-hybridized carbons (Fsp3) is 0.150. The average Bonchev–Trinajstić information content (AvgIpc) is 3.07. The van der Waals surface area contributed by atoms with Crippen LogP contribution in [0.5, 0.6) is 0 Å². The molecule has 1 N–H and O–H groups in total. The Morgan fingerprint density at radius 1 is 1.16 bits per heavy atom. The highest BCUT2D eigenvalue weighted by molar-refractivity contribution is 7.17. The normalized spacial score (nSPS) is 11.5. The van der Waals surface area contributed by atoms with Gasteiger partial charge in [-0.15, -0.1) is 11.3 Å². The second kappa shape index (κ2) is 5.70. The summed E-state index contributed by atoms with van der Waals surface area (Å²) in [7, 11) is 0. The molecule has 4 rings (SSSR count). The number of aryl methyl sites for hydroxylation is 1. The van der Waals surface area contributed by atoms with Gasteiger partial charge in [0, 0.05) is 32.3 Å². The first-order valence-corrected chi connectivity index (χ1v) is 8.82. The summed E-state index contributed by atoms with van der Waals surface area (Å²) in [4.78, 5) is 11.3. The second-order valence-corrected chi connectivity index (χ2v) is 7.16. The van der Waals surface area contributed by atoms with Crippen LogP contribution in [0, 0.1) is 19.7 Å². The first kappa shape index (κ1) is 15.8. The molecular formula is C20H16FNO2S. The van der Waals surface area contributed by atoms with Crippen molar-refractivity contribution in [1.29, 1.82) is 0 Å². The quantitative estimate of drug-likeness (QED) is 0.538. The van der Waals surface area contributed by atoms with Gasteiger partial charge in [-0.3, -0.25) is 4.79 Å². The Morgan fingerprint density at radius 3 is 2.72 bits per heavy atom. The Balaban J connectivity index is 2.08. The molecule has 0 unspecified atom stereocenters. The molecule has 2 aromatic carbocycles. The van der Waals surface area contributed by atoms with Gasteiger partial charge in [0.05, 0.1) is 5.52 Å². The first-order valence-electron chi connectivity index (χ1n) is 7.94. The Kier molecular flexibility index (Phi) is 3.62. The number of hydrogen-bond donors (Lipinski definition) is 1. The van der Waals surface area contributed by atoms with Crippen LogP contribution in [-0.2, 0) is 11.3 Å². The van der Waals surface area contributed by atoms with Gasteiger partial charge in [0.25, 0.3) is 0 Å². The molecule has 0 radical (unpaired) electrons.